The first kappa shape index (κ1) is 19.2. The van der Waals surface area contributed by atoms with Crippen LogP contribution < -0.4 is 10.5 Å². The summed E-state index contributed by atoms with van der Waals surface area (Å²) in [7, 11) is -2.08. The van der Waals surface area contributed by atoms with Crippen molar-refractivity contribution in [3.05, 3.63) is 23.3 Å². The van der Waals surface area contributed by atoms with E-state index in [1.165, 1.54) is 7.11 Å². The number of aryl methyl sites for hydroxylation is 2. The molecule has 1 fully saturated rings. The predicted molar refractivity (Wildman–Crippen MR) is 90.3 cm³/mol. The Hall–Kier alpha value is -0.820. The average molecular weight is 349 g/mol. The molecule has 1 unspecified atom stereocenters. The van der Waals surface area contributed by atoms with Gasteiger partial charge in [-0.05, 0) is 43.9 Å². The van der Waals surface area contributed by atoms with Gasteiger partial charge in [0.25, 0.3) is 0 Å². The Bertz CT molecular complexity index is 619. The zero-order valence-electron chi connectivity index (χ0n) is 13.3. The van der Waals surface area contributed by atoms with Gasteiger partial charge in [0, 0.05) is 19.1 Å². The van der Waals surface area contributed by atoms with Gasteiger partial charge in [0.1, 0.15) is 10.6 Å². The first-order chi connectivity index (χ1) is 9.91. The van der Waals surface area contributed by atoms with Crippen LogP contribution in [0.5, 0.6) is 5.75 Å². The summed E-state index contributed by atoms with van der Waals surface area (Å²) in [5, 5.41) is 0. The molecular weight excluding hydrogens is 324 g/mol. The molecule has 1 aliphatic heterocycles. The van der Waals surface area contributed by atoms with Crippen molar-refractivity contribution in [2.45, 2.75) is 44.0 Å². The Kier molecular flexibility index (Phi) is 6.67. The Balaban J connectivity index is 0.00000242. The van der Waals surface area contributed by atoms with Gasteiger partial charge in [-0.25, -0.2) is 8.42 Å². The van der Waals surface area contributed by atoms with Crippen LogP contribution in [0, 0.1) is 13.8 Å². The van der Waals surface area contributed by atoms with Crippen LogP contribution in [0.1, 0.15) is 30.4 Å². The first-order valence-electron chi connectivity index (χ1n) is 7.29. The molecule has 0 radical (unpaired) electrons. The number of methoxy groups -OCH3 is 1. The number of hydrogen-bond acceptors (Lipinski definition) is 4. The topological polar surface area (TPSA) is 72.6 Å². The van der Waals surface area contributed by atoms with Crippen molar-refractivity contribution >= 4 is 22.4 Å². The van der Waals surface area contributed by atoms with Gasteiger partial charge in [-0.2, -0.15) is 4.31 Å². The van der Waals surface area contributed by atoms with Gasteiger partial charge in [-0.3, -0.25) is 0 Å². The van der Waals surface area contributed by atoms with Gasteiger partial charge in [0.2, 0.25) is 10.0 Å². The highest BCUT2D eigenvalue weighted by Crippen LogP contribution is 2.34. The quantitative estimate of drug-likeness (QED) is 0.905. The summed E-state index contributed by atoms with van der Waals surface area (Å²) in [6, 6.07) is 3.52. The van der Waals surface area contributed by atoms with E-state index in [-0.39, 0.29) is 23.3 Å². The van der Waals surface area contributed by atoms with E-state index in [0.29, 0.717) is 24.4 Å². The molecule has 0 spiro atoms. The highest BCUT2D eigenvalue weighted by atomic mass is 35.5. The van der Waals surface area contributed by atoms with Crippen molar-refractivity contribution in [2.24, 2.45) is 5.73 Å². The highest BCUT2D eigenvalue weighted by Gasteiger charge is 2.35. The molecule has 22 heavy (non-hydrogen) atoms. The Morgan fingerprint density at radius 3 is 2.59 bits per heavy atom. The first-order valence-corrected chi connectivity index (χ1v) is 8.73. The summed E-state index contributed by atoms with van der Waals surface area (Å²) >= 11 is 0. The second kappa shape index (κ2) is 7.64. The molecule has 0 bridgehead atoms. The normalized spacial score (nSPS) is 19.5. The molecular formula is C15H25ClN2O3S. The fourth-order valence-corrected chi connectivity index (χ4v) is 5.09. The van der Waals surface area contributed by atoms with Crippen LogP contribution >= 0.6 is 12.4 Å². The van der Waals surface area contributed by atoms with Crippen molar-refractivity contribution in [2.75, 3.05) is 20.2 Å². The van der Waals surface area contributed by atoms with E-state index in [4.69, 9.17) is 10.5 Å². The third-order valence-corrected chi connectivity index (χ3v) is 6.15. The molecule has 1 heterocycles. The zero-order chi connectivity index (χ0) is 15.6. The summed E-state index contributed by atoms with van der Waals surface area (Å²) in [6.07, 6.45) is 2.73. The number of benzene rings is 1. The van der Waals surface area contributed by atoms with Crippen LogP contribution in [0.25, 0.3) is 0 Å². The molecule has 0 amide bonds. The van der Waals surface area contributed by atoms with Crippen LogP contribution in [0.4, 0.5) is 0 Å². The second-order valence-electron chi connectivity index (χ2n) is 5.61. The maximum atomic E-state index is 13.1. The summed E-state index contributed by atoms with van der Waals surface area (Å²) in [4.78, 5) is 0.274. The Labute approximate surface area is 139 Å². The number of nitrogens with two attached hydrogens (primary N) is 1. The molecule has 7 heteroatoms. The van der Waals surface area contributed by atoms with E-state index in [1.807, 2.05) is 19.9 Å². The third-order valence-electron chi connectivity index (χ3n) is 4.02. The van der Waals surface area contributed by atoms with Crippen molar-refractivity contribution in [1.82, 2.24) is 4.31 Å². The lowest BCUT2D eigenvalue weighted by Crippen LogP contribution is -2.47. The number of sulfonamides is 1. The van der Waals surface area contributed by atoms with Crippen molar-refractivity contribution in [1.29, 1.82) is 0 Å². The number of piperidine rings is 1. The second-order valence-corrected chi connectivity index (χ2v) is 7.44. The SMILES string of the molecule is COc1cc(C)cc(C)c1S(=O)(=O)N1CCCCC1CN.Cl. The molecule has 0 aliphatic carbocycles. The molecule has 0 aromatic heterocycles. The zero-order valence-corrected chi connectivity index (χ0v) is 15.0. The van der Waals surface area contributed by atoms with Crippen molar-refractivity contribution in [3.63, 3.8) is 0 Å². The Morgan fingerprint density at radius 2 is 2.00 bits per heavy atom. The number of rotatable bonds is 4. The molecule has 1 aromatic rings. The molecule has 1 aromatic carbocycles. The van der Waals surface area contributed by atoms with E-state index in [1.54, 1.807) is 10.4 Å². The lowest BCUT2D eigenvalue weighted by molar-refractivity contribution is 0.256. The fraction of sp³-hybridized carbons (Fsp3) is 0.600. The highest BCUT2D eigenvalue weighted by molar-refractivity contribution is 7.89. The Morgan fingerprint density at radius 1 is 1.32 bits per heavy atom. The summed E-state index contributed by atoms with van der Waals surface area (Å²) in [6.45, 7) is 4.62. The minimum absolute atomic E-state index is 0. The van der Waals surface area contributed by atoms with E-state index in [2.05, 4.69) is 0 Å². The minimum Gasteiger partial charge on any atom is -0.495 e. The monoisotopic (exact) mass is 348 g/mol. The number of halogens is 1. The van der Waals surface area contributed by atoms with Crippen molar-refractivity contribution in [3.8, 4) is 5.75 Å². The van der Waals surface area contributed by atoms with Crippen LogP contribution in [0.3, 0.4) is 0 Å². The fourth-order valence-electron chi connectivity index (χ4n) is 3.04. The largest absolute Gasteiger partial charge is 0.495 e. The molecule has 1 atom stereocenters. The summed E-state index contributed by atoms with van der Waals surface area (Å²) in [5.74, 6) is 0.411. The van der Waals surface area contributed by atoms with Gasteiger partial charge in [-0.15, -0.1) is 12.4 Å². The number of hydrogen-bond donors (Lipinski definition) is 1. The smallest absolute Gasteiger partial charge is 0.247 e. The van der Waals surface area contributed by atoms with Crippen LogP contribution in [0.15, 0.2) is 17.0 Å². The van der Waals surface area contributed by atoms with Crippen LogP contribution in [-0.4, -0.2) is 39.0 Å². The number of nitrogens with zero attached hydrogens (tertiary/aromatic N) is 1. The standard InChI is InChI=1S/C15H24N2O3S.ClH/c1-11-8-12(2)15(14(9-11)20-3)21(18,19)17-7-5-4-6-13(17)10-16;/h8-9,13H,4-7,10,16H2,1-3H3;1H. The predicted octanol–water partition coefficient (Wildman–Crippen LogP) is 2.24. The van der Waals surface area contributed by atoms with Gasteiger partial charge >= 0.3 is 0 Å². The van der Waals surface area contributed by atoms with Gasteiger partial charge in [0.05, 0.1) is 7.11 Å². The summed E-state index contributed by atoms with van der Waals surface area (Å²) < 4.78 is 33.0. The lowest BCUT2D eigenvalue weighted by Gasteiger charge is -2.34. The maximum absolute atomic E-state index is 13.1. The molecule has 2 N–H and O–H groups in total. The molecule has 0 saturated carbocycles. The van der Waals surface area contributed by atoms with Crippen LogP contribution in [0.2, 0.25) is 0 Å². The minimum atomic E-state index is -3.59. The van der Waals surface area contributed by atoms with E-state index >= 15 is 0 Å². The lowest BCUT2D eigenvalue weighted by atomic mass is 10.1. The van der Waals surface area contributed by atoms with E-state index in [0.717, 1.165) is 24.8 Å². The molecule has 5 nitrogen and oxygen atoms in total. The maximum Gasteiger partial charge on any atom is 0.247 e. The molecule has 2 rings (SSSR count). The molecule has 1 saturated heterocycles. The van der Waals surface area contributed by atoms with Gasteiger partial charge in [-0.1, -0.05) is 12.5 Å². The van der Waals surface area contributed by atoms with Crippen molar-refractivity contribution < 1.29 is 13.2 Å². The average Bonchev–Trinajstić information content (AvgIpc) is 2.45. The number of ether oxygens (including phenoxy) is 1. The van der Waals surface area contributed by atoms with Gasteiger partial charge < -0.3 is 10.5 Å². The molecule has 1 aliphatic rings. The van der Waals surface area contributed by atoms with E-state index < -0.39 is 10.0 Å². The van der Waals surface area contributed by atoms with E-state index in [9.17, 15) is 8.42 Å². The molecule has 126 valence electrons. The van der Waals surface area contributed by atoms with Crippen LogP contribution in [-0.2, 0) is 10.0 Å². The van der Waals surface area contributed by atoms with Gasteiger partial charge in [0.15, 0.2) is 0 Å². The summed E-state index contributed by atoms with van der Waals surface area (Å²) in [5.41, 5.74) is 7.46. The third kappa shape index (κ3) is 3.56.